The highest BCUT2D eigenvalue weighted by atomic mass is 127. The molecule has 0 amide bonds. The Morgan fingerprint density at radius 2 is 2.08 bits per heavy atom. The lowest BCUT2D eigenvalue weighted by Crippen LogP contribution is -1.97. The highest BCUT2D eigenvalue weighted by Gasteiger charge is 2.13. The van der Waals surface area contributed by atoms with Crippen LogP contribution in [-0.2, 0) is 9.05 Å². The summed E-state index contributed by atoms with van der Waals surface area (Å²) in [5.74, 6) is -0.673. The normalized spacial score (nSPS) is 11.6. The van der Waals surface area contributed by atoms with Gasteiger partial charge in [-0.15, -0.1) is 0 Å². The lowest BCUT2D eigenvalue weighted by atomic mass is 10.5. The van der Waals surface area contributed by atoms with Crippen LogP contribution in [0.5, 0.6) is 0 Å². The third-order valence-electron chi connectivity index (χ3n) is 0.985. The monoisotopic (exact) mass is 321 g/mol. The van der Waals surface area contributed by atoms with Crippen LogP contribution >= 0.6 is 33.3 Å². The second-order valence-electron chi connectivity index (χ2n) is 1.88. The Morgan fingerprint density at radius 3 is 2.50 bits per heavy atom. The molecule has 0 radical (unpaired) electrons. The Balaban J connectivity index is 3.37. The molecule has 0 atom stereocenters. The minimum Gasteiger partial charge on any atom is -0.229 e. The van der Waals surface area contributed by atoms with Crippen molar-refractivity contribution in [2.45, 2.75) is 5.03 Å². The molecule has 0 N–H and O–H groups in total. The summed E-state index contributed by atoms with van der Waals surface area (Å²) in [6, 6.07) is 1.87. The van der Waals surface area contributed by atoms with E-state index in [4.69, 9.17) is 10.7 Å². The van der Waals surface area contributed by atoms with E-state index in [1.54, 1.807) is 22.6 Å². The molecule has 1 aromatic heterocycles. The molecule has 1 heterocycles. The fourth-order valence-corrected chi connectivity index (χ4v) is 1.99. The van der Waals surface area contributed by atoms with Crippen molar-refractivity contribution in [1.82, 2.24) is 4.98 Å². The van der Waals surface area contributed by atoms with Crippen molar-refractivity contribution in [2.75, 3.05) is 0 Å². The number of hydrogen-bond acceptors (Lipinski definition) is 3. The van der Waals surface area contributed by atoms with Gasteiger partial charge in [0, 0.05) is 22.8 Å². The molecule has 0 unspecified atom stereocenters. The topological polar surface area (TPSA) is 47.0 Å². The van der Waals surface area contributed by atoms with Gasteiger partial charge in [0.1, 0.15) is 9.52 Å². The third kappa shape index (κ3) is 2.53. The van der Waals surface area contributed by atoms with Gasteiger partial charge in [-0.1, -0.05) is 0 Å². The highest BCUT2D eigenvalue weighted by Crippen LogP contribution is 2.15. The summed E-state index contributed by atoms with van der Waals surface area (Å²) in [6.07, 6.45) is 0. The lowest BCUT2D eigenvalue weighted by Gasteiger charge is -1.95. The molecule has 66 valence electrons. The average molecular weight is 321 g/mol. The van der Waals surface area contributed by atoms with Crippen molar-refractivity contribution in [1.29, 1.82) is 0 Å². The predicted octanol–water partition coefficient (Wildman–Crippen LogP) is 1.75. The number of halogens is 3. The highest BCUT2D eigenvalue weighted by molar-refractivity contribution is 14.1. The van der Waals surface area contributed by atoms with Gasteiger partial charge in [0.05, 0.1) is 0 Å². The van der Waals surface area contributed by atoms with Crippen LogP contribution < -0.4 is 0 Å². The minimum absolute atomic E-state index is 0.242. The summed E-state index contributed by atoms with van der Waals surface area (Å²) in [7, 11) is 1.01. The second kappa shape index (κ2) is 3.43. The van der Waals surface area contributed by atoms with E-state index in [1.807, 2.05) is 0 Å². The predicted molar refractivity (Wildman–Crippen MR) is 50.0 cm³/mol. The molecule has 0 aliphatic rings. The molecule has 0 saturated carbocycles. The molecule has 1 aromatic rings. The molecule has 0 saturated heterocycles. The van der Waals surface area contributed by atoms with Gasteiger partial charge in [0.2, 0.25) is 0 Å². The number of aromatic nitrogens is 1. The maximum atomic E-state index is 12.6. The molecule has 0 aliphatic carbocycles. The Labute approximate surface area is 86.5 Å². The van der Waals surface area contributed by atoms with Crippen LogP contribution in [0.25, 0.3) is 0 Å². The Kier molecular flexibility index (Phi) is 2.89. The Morgan fingerprint density at radius 1 is 1.50 bits per heavy atom. The van der Waals surface area contributed by atoms with E-state index >= 15 is 0 Å². The lowest BCUT2D eigenvalue weighted by molar-refractivity contribution is 0.594. The zero-order valence-electron chi connectivity index (χ0n) is 5.46. The van der Waals surface area contributed by atoms with Crippen molar-refractivity contribution in [3.63, 3.8) is 0 Å². The van der Waals surface area contributed by atoms with Crippen molar-refractivity contribution >= 4 is 42.3 Å². The first-order valence-corrected chi connectivity index (χ1v) is 6.06. The summed E-state index contributed by atoms with van der Waals surface area (Å²) in [4.78, 5) is 3.53. The maximum absolute atomic E-state index is 12.6. The van der Waals surface area contributed by atoms with Crippen molar-refractivity contribution in [3.8, 4) is 0 Å². The van der Waals surface area contributed by atoms with Gasteiger partial charge in [-0.3, -0.25) is 0 Å². The van der Waals surface area contributed by atoms with Crippen molar-refractivity contribution < 1.29 is 12.8 Å². The van der Waals surface area contributed by atoms with Gasteiger partial charge in [0.15, 0.2) is 5.03 Å². The van der Waals surface area contributed by atoms with Crippen LogP contribution in [0, 0.1) is 9.52 Å². The average Bonchev–Trinajstić information content (AvgIpc) is 1.82. The van der Waals surface area contributed by atoms with Crippen LogP contribution in [0.4, 0.5) is 4.39 Å². The molecule has 3 nitrogen and oxygen atoms in total. The molecule has 1 rings (SSSR count). The first kappa shape index (κ1) is 10.1. The molecule has 0 fully saturated rings. The molecular weight excluding hydrogens is 319 g/mol. The summed E-state index contributed by atoms with van der Waals surface area (Å²) in [5.41, 5.74) is 0. The van der Waals surface area contributed by atoms with E-state index in [0.29, 0.717) is 0 Å². The third-order valence-corrected chi connectivity index (χ3v) is 2.72. The number of hydrogen-bond donors (Lipinski definition) is 0. The Bertz CT molecular complexity index is 388. The molecular formula is C5H2ClFINO2S. The van der Waals surface area contributed by atoms with E-state index in [-0.39, 0.29) is 3.70 Å². The van der Waals surface area contributed by atoms with Crippen LogP contribution in [0.2, 0.25) is 0 Å². The van der Waals surface area contributed by atoms with Gasteiger partial charge < -0.3 is 0 Å². The summed E-state index contributed by atoms with van der Waals surface area (Å²) in [5, 5.41) is -0.464. The zero-order chi connectivity index (χ0) is 9.35. The first-order chi connectivity index (χ1) is 5.39. The summed E-state index contributed by atoms with van der Waals surface area (Å²) >= 11 is 1.70. The van der Waals surface area contributed by atoms with E-state index in [9.17, 15) is 12.8 Å². The molecule has 0 aromatic carbocycles. The van der Waals surface area contributed by atoms with Gasteiger partial charge in [0.25, 0.3) is 9.05 Å². The molecule has 0 aliphatic heterocycles. The van der Waals surface area contributed by atoms with E-state index in [1.165, 1.54) is 0 Å². The SMILES string of the molecule is O=S(=O)(Cl)c1cc(F)cc(I)n1. The standard InChI is InChI=1S/C5H2ClFINO2S/c6-12(10,11)5-2-3(7)1-4(8)9-5/h1-2H. The van der Waals surface area contributed by atoms with Crippen LogP contribution in [-0.4, -0.2) is 13.4 Å². The van der Waals surface area contributed by atoms with Crippen molar-refractivity contribution in [3.05, 3.63) is 21.7 Å². The summed E-state index contributed by atoms with van der Waals surface area (Å²) < 4.78 is 34.2. The Hall–Kier alpha value is 0.0500. The number of rotatable bonds is 1. The van der Waals surface area contributed by atoms with Gasteiger partial charge >= 0.3 is 0 Å². The van der Waals surface area contributed by atoms with Crippen LogP contribution in [0.1, 0.15) is 0 Å². The van der Waals surface area contributed by atoms with Crippen LogP contribution in [0.15, 0.2) is 17.2 Å². The van der Waals surface area contributed by atoms with Crippen LogP contribution in [0.3, 0.4) is 0 Å². The largest absolute Gasteiger partial charge is 0.278 e. The van der Waals surface area contributed by atoms with E-state index in [0.717, 1.165) is 12.1 Å². The maximum Gasteiger partial charge on any atom is 0.278 e. The zero-order valence-corrected chi connectivity index (χ0v) is 9.19. The second-order valence-corrected chi connectivity index (χ2v) is 5.50. The fraction of sp³-hybridized carbons (Fsp3) is 0. The smallest absolute Gasteiger partial charge is 0.229 e. The van der Waals surface area contributed by atoms with E-state index in [2.05, 4.69) is 4.98 Å². The van der Waals surface area contributed by atoms with Gasteiger partial charge in [-0.2, -0.15) is 0 Å². The summed E-state index contributed by atoms with van der Waals surface area (Å²) in [6.45, 7) is 0. The minimum atomic E-state index is -3.93. The van der Waals surface area contributed by atoms with E-state index < -0.39 is 19.9 Å². The first-order valence-electron chi connectivity index (χ1n) is 2.67. The van der Waals surface area contributed by atoms with Crippen molar-refractivity contribution in [2.24, 2.45) is 0 Å². The van der Waals surface area contributed by atoms with Gasteiger partial charge in [-0.05, 0) is 22.6 Å². The number of nitrogens with zero attached hydrogens (tertiary/aromatic N) is 1. The molecule has 12 heavy (non-hydrogen) atoms. The van der Waals surface area contributed by atoms with Gasteiger partial charge in [-0.25, -0.2) is 17.8 Å². The quantitative estimate of drug-likeness (QED) is 0.450. The molecule has 7 heteroatoms. The molecule has 0 bridgehead atoms. The molecule has 0 spiro atoms. The fourth-order valence-electron chi connectivity index (χ4n) is 0.568. The number of pyridine rings is 1.